The lowest BCUT2D eigenvalue weighted by Crippen LogP contribution is -1.77. The Balaban J connectivity index is 2.63. The Hall–Kier alpha value is -1.26. The molecule has 82 valence electrons. The van der Waals surface area contributed by atoms with Gasteiger partial charge in [0.1, 0.15) is 21.1 Å². The number of nitrogens with zero attached hydrogens (tertiary/aromatic N) is 2. The van der Waals surface area contributed by atoms with Gasteiger partial charge >= 0.3 is 0 Å². The molecule has 3 rings (SSSR count). The van der Waals surface area contributed by atoms with Crippen molar-refractivity contribution in [3.8, 4) is 0 Å². The summed E-state index contributed by atoms with van der Waals surface area (Å²) in [6.07, 6.45) is 0. The van der Waals surface area contributed by atoms with Gasteiger partial charge in [-0.2, -0.15) is 0 Å². The standard InChI is InChI=1S/C10H6Cl2N2O2/c1-3-13-7-5(11)10-8(14-4(2)16-10)6(12)9(7)15-3/h1-2H3. The van der Waals surface area contributed by atoms with E-state index in [1.807, 2.05) is 0 Å². The molecule has 2 aromatic heterocycles. The number of fused-ring (bicyclic) bond motifs is 2. The maximum Gasteiger partial charge on any atom is 0.192 e. The number of oxazole rings is 2. The summed E-state index contributed by atoms with van der Waals surface area (Å²) in [5.74, 6) is 1.01. The topological polar surface area (TPSA) is 52.1 Å². The molecule has 1 aromatic carbocycles. The third-order valence-electron chi connectivity index (χ3n) is 2.28. The van der Waals surface area contributed by atoms with Crippen molar-refractivity contribution >= 4 is 45.4 Å². The summed E-state index contributed by atoms with van der Waals surface area (Å²) in [6, 6.07) is 0. The Morgan fingerprint density at radius 2 is 1.19 bits per heavy atom. The van der Waals surface area contributed by atoms with Crippen LogP contribution in [0.5, 0.6) is 0 Å². The van der Waals surface area contributed by atoms with Gasteiger partial charge in [0.05, 0.1) is 0 Å². The summed E-state index contributed by atoms with van der Waals surface area (Å²) in [4.78, 5) is 8.32. The zero-order valence-corrected chi connectivity index (χ0v) is 9.98. The molecule has 0 spiro atoms. The summed E-state index contributed by atoms with van der Waals surface area (Å²) in [5, 5.41) is 0.763. The number of benzene rings is 1. The van der Waals surface area contributed by atoms with Gasteiger partial charge in [-0.3, -0.25) is 0 Å². The van der Waals surface area contributed by atoms with Gasteiger partial charge in [0.25, 0.3) is 0 Å². The minimum Gasteiger partial charge on any atom is -0.439 e. The molecule has 4 nitrogen and oxygen atoms in total. The van der Waals surface area contributed by atoms with Crippen LogP contribution in [-0.2, 0) is 0 Å². The van der Waals surface area contributed by atoms with Crippen molar-refractivity contribution < 1.29 is 8.83 Å². The molecular formula is C10H6Cl2N2O2. The number of rotatable bonds is 0. The second-order valence-electron chi connectivity index (χ2n) is 3.45. The second kappa shape index (κ2) is 3.12. The van der Waals surface area contributed by atoms with Crippen LogP contribution >= 0.6 is 23.2 Å². The van der Waals surface area contributed by atoms with E-state index >= 15 is 0 Å². The van der Waals surface area contributed by atoms with E-state index in [4.69, 9.17) is 32.0 Å². The largest absolute Gasteiger partial charge is 0.439 e. The normalized spacial score (nSPS) is 11.8. The van der Waals surface area contributed by atoms with E-state index < -0.39 is 0 Å². The van der Waals surface area contributed by atoms with Crippen molar-refractivity contribution in [2.24, 2.45) is 0 Å². The predicted molar refractivity (Wildman–Crippen MR) is 61.1 cm³/mol. The van der Waals surface area contributed by atoms with Crippen LogP contribution in [0.25, 0.3) is 22.2 Å². The van der Waals surface area contributed by atoms with Crippen LogP contribution in [0, 0.1) is 13.8 Å². The maximum absolute atomic E-state index is 6.16. The van der Waals surface area contributed by atoms with Crippen LogP contribution in [0.15, 0.2) is 8.83 Å². The van der Waals surface area contributed by atoms with Crippen molar-refractivity contribution in [2.45, 2.75) is 13.8 Å². The molecule has 0 fully saturated rings. The van der Waals surface area contributed by atoms with Gasteiger partial charge in [-0.15, -0.1) is 0 Å². The first-order valence-electron chi connectivity index (χ1n) is 4.59. The molecule has 0 aliphatic heterocycles. The molecule has 0 unspecified atom stereocenters. The van der Waals surface area contributed by atoms with E-state index in [0.29, 0.717) is 44.0 Å². The van der Waals surface area contributed by atoms with Gasteiger partial charge in [-0.1, -0.05) is 23.2 Å². The van der Waals surface area contributed by atoms with Crippen LogP contribution in [0.2, 0.25) is 10.0 Å². The van der Waals surface area contributed by atoms with Gasteiger partial charge in [0.2, 0.25) is 0 Å². The average molecular weight is 257 g/mol. The fourth-order valence-corrected chi connectivity index (χ4v) is 2.18. The van der Waals surface area contributed by atoms with Gasteiger partial charge in [-0.25, -0.2) is 9.97 Å². The van der Waals surface area contributed by atoms with Gasteiger partial charge < -0.3 is 8.83 Å². The fourth-order valence-electron chi connectivity index (χ4n) is 1.66. The molecule has 6 heteroatoms. The van der Waals surface area contributed by atoms with Crippen LogP contribution in [0.1, 0.15) is 11.8 Å². The maximum atomic E-state index is 6.16. The van der Waals surface area contributed by atoms with Gasteiger partial charge in [0, 0.05) is 13.8 Å². The van der Waals surface area contributed by atoms with Crippen molar-refractivity contribution in [3.63, 3.8) is 0 Å². The highest BCUT2D eigenvalue weighted by molar-refractivity contribution is 6.45. The zero-order valence-electron chi connectivity index (χ0n) is 8.47. The highest BCUT2D eigenvalue weighted by Crippen LogP contribution is 2.38. The average Bonchev–Trinajstić information content (AvgIpc) is 2.78. The summed E-state index contributed by atoms with van der Waals surface area (Å²) in [5.41, 5.74) is 1.91. The van der Waals surface area contributed by atoms with Crippen molar-refractivity contribution in [1.82, 2.24) is 9.97 Å². The number of hydrogen-bond acceptors (Lipinski definition) is 4. The Morgan fingerprint density at radius 1 is 0.812 bits per heavy atom. The lowest BCUT2D eigenvalue weighted by molar-refractivity contribution is 0.560. The molecule has 3 aromatic rings. The molecule has 2 heterocycles. The van der Waals surface area contributed by atoms with E-state index in [9.17, 15) is 0 Å². The molecule has 0 aliphatic carbocycles. The number of aryl methyl sites for hydroxylation is 2. The van der Waals surface area contributed by atoms with Crippen LogP contribution in [-0.4, -0.2) is 9.97 Å². The summed E-state index contributed by atoms with van der Waals surface area (Å²) >= 11 is 12.3. The van der Waals surface area contributed by atoms with Crippen molar-refractivity contribution in [3.05, 3.63) is 21.8 Å². The summed E-state index contributed by atoms with van der Waals surface area (Å²) < 4.78 is 10.8. The molecular weight excluding hydrogens is 251 g/mol. The third kappa shape index (κ3) is 1.17. The molecule has 0 bridgehead atoms. The second-order valence-corrected chi connectivity index (χ2v) is 4.21. The van der Waals surface area contributed by atoms with Crippen LogP contribution in [0.4, 0.5) is 0 Å². The quantitative estimate of drug-likeness (QED) is 0.613. The van der Waals surface area contributed by atoms with E-state index in [2.05, 4.69) is 9.97 Å². The molecule has 16 heavy (non-hydrogen) atoms. The monoisotopic (exact) mass is 256 g/mol. The van der Waals surface area contributed by atoms with Gasteiger partial charge in [0.15, 0.2) is 22.9 Å². The molecule has 0 amide bonds. The van der Waals surface area contributed by atoms with E-state index in [-0.39, 0.29) is 0 Å². The van der Waals surface area contributed by atoms with Crippen molar-refractivity contribution in [2.75, 3.05) is 0 Å². The zero-order chi connectivity index (χ0) is 11.4. The molecule has 0 N–H and O–H groups in total. The van der Waals surface area contributed by atoms with Crippen LogP contribution in [0.3, 0.4) is 0 Å². The van der Waals surface area contributed by atoms with Gasteiger partial charge in [-0.05, 0) is 0 Å². The minimum atomic E-state index is 0.381. The van der Waals surface area contributed by atoms with E-state index in [1.165, 1.54) is 0 Å². The highest BCUT2D eigenvalue weighted by atomic mass is 35.5. The SMILES string of the molecule is Cc1nc2c(Cl)c3oc(C)nc3c(Cl)c2o1. The lowest BCUT2D eigenvalue weighted by atomic mass is 10.3. The summed E-state index contributed by atoms with van der Waals surface area (Å²) in [6.45, 7) is 3.46. The fraction of sp³-hybridized carbons (Fsp3) is 0.200. The molecule has 0 aliphatic rings. The molecule has 0 atom stereocenters. The first kappa shape index (κ1) is 9.93. The Labute approximate surface area is 100 Å². The van der Waals surface area contributed by atoms with E-state index in [1.54, 1.807) is 13.8 Å². The smallest absolute Gasteiger partial charge is 0.192 e. The van der Waals surface area contributed by atoms with Crippen LogP contribution < -0.4 is 0 Å². The predicted octanol–water partition coefficient (Wildman–Crippen LogP) is 3.89. The number of halogens is 2. The first-order chi connectivity index (χ1) is 7.58. The number of aromatic nitrogens is 2. The highest BCUT2D eigenvalue weighted by Gasteiger charge is 2.20. The van der Waals surface area contributed by atoms with Crippen molar-refractivity contribution in [1.29, 1.82) is 0 Å². The Bertz CT molecular complexity index is 600. The molecule has 0 saturated heterocycles. The Kier molecular flexibility index (Phi) is 1.94. The molecule has 0 radical (unpaired) electrons. The number of hydrogen-bond donors (Lipinski definition) is 0. The third-order valence-corrected chi connectivity index (χ3v) is 2.98. The molecule has 0 saturated carbocycles. The summed E-state index contributed by atoms with van der Waals surface area (Å²) in [7, 11) is 0. The minimum absolute atomic E-state index is 0.381. The van der Waals surface area contributed by atoms with E-state index in [0.717, 1.165) is 0 Å². The Morgan fingerprint density at radius 3 is 1.56 bits per heavy atom. The lowest BCUT2D eigenvalue weighted by Gasteiger charge is -1.95. The first-order valence-corrected chi connectivity index (χ1v) is 5.34.